The highest BCUT2D eigenvalue weighted by atomic mass is 16.4. The topological polar surface area (TPSA) is 126 Å². The summed E-state index contributed by atoms with van der Waals surface area (Å²) >= 11 is 0. The van der Waals surface area contributed by atoms with Crippen LogP contribution in [0.25, 0.3) is 28.6 Å². The van der Waals surface area contributed by atoms with Gasteiger partial charge in [0, 0.05) is 29.6 Å². The van der Waals surface area contributed by atoms with E-state index in [0.29, 0.717) is 35.7 Å². The van der Waals surface area contributed by atoms with Gasteiger partial charge in [-0.05, 0) is 86.2 Å². The Balaban J connectivity index is 1.22. The van der Waals surface area contributed by atoms with E-state index in [1.54, 1.807) is 30.5 Å². The highest BCUT2D eigenvalue weighted by molar-refractivity contribution is 6.05. The van der Waals surface area contributed by atoms with Gasteiger partial charge in [0.15, 0.2) is 5.82 Å². The third-order valence-electron chi connectivity index (χ3n) is 8.37. The average molecular weight is 564 g/mol. The SMILES string of the molecule is O=C(O)/C=C/c1ccc(NC(=O)C2(NC(=O)c3ccc4c(c3)nc(-c3ccccn3)n4C3CCCCC3)CCC2)cc1. The highest BCUT2D eigenvalue weighted by Crippen LogP contribution is 2.36. The molecular formula is C33H33N5O4. The van der Waals surface area contributed by atoms with Gasteiger partial charge in [-0.25, -0.2) is 9.78 Å². The zero-order valence-corrected chi connectivity index (χ0v) is 23.3. The van der Waals surface area contributed by atoms with Gasteiger partial charge in [0.05, 0.1) is 11.0 Å². The van der Waals surface area contributed by atoms with Crippen LogP contribution in [0.1, 0.15) is 73.3 Å². The summed E-state index contributed by atoms with van der Waals surface area (Å²) in [4.78, 5) is 47.1. The summed E-state index contributed by atoms with van der Waals surface area (Å²) < 4.78 is 2.29. The van der Waals surface area contributed by atoms with Gasteiger partial charge in [-0.15, -0.1) is 0 Å². The van der Waals surface area contributed by atoms with Crippen molar-refractivity contribution >= 4 is 40.6 Å². The van der Waals surface area contributed by atoms with Crippen molar-refractivity contribution in [1.82, 2.24) is 19.9 Å². The molecule has 42 heavy (non-hydrogen) atoms. The number of aliphatic carboxylic acids is 1. The number of benzene rings is 2. The highest BCUT2D eigenvalue weighted by Gasteiger charge is 2.45. The van der Waals surface area contributed by atoms with Gasteiger partial charge in [-0.1, -0.05) is 37.5 Å². The number of rotatable bonds is 8. The molecule has 2 amide bonds. The van der Waals surface area contributed by atoms with Crippen molar-refractivity contribution in [2.75, 3.05) is 5.32 Å². The third kappa shape index (κ3) is 5.54. The number of hydrogen-bond acceptors (Lipinski definition) is 5. The van der Waals surface area contributed by atoms with E-state index in [9.17, 15) is 14.4 Å². The minimum Gasteiger partial charge on any atom is -0.478 e. The molecule has 3 N–H and O–H groups in total. The second-order valence-electron chi connectivity index (χ2n) is 11.2. The molecule has 0 radical (unpaired) electrons. The van der Waals surface area contributed by atoms with Crippen LogP contribution in [0, 0.1) is 0 Å². The number of anilines is 1. The van der Waals surface area contributed by atoms with Crippen LogP contribution in [-0.2, 0) is 9.59 Å². The lowest BCUT2D eigenvalue weighted by atomic mass is 9.75. The Morgan fingerprint density at radius 3 is 2.40 bits per heavy atom. The molecule has 2 aromatic heterocycles. The Bertz CT molecular complexity index is 1650. The zero-order valence-electron chi connectivity index (χ0n) is 23.3. The van der Waals surface area contributed by atoms with Crippen LogP contribution >= 0.6 is 0 Å². The van der Waals surface area contributed by atoms with Gasteiger partial charge in [-0.2, -0.15) is 0 Å². The number of fused-ring (bicyclic) bond motifs is 1. The van der Waals surface area contributed by atoms with E-state index in [0.717, 1.165) is 47.9 Å². The molecule has 0 aliphatic heterocycles. The van der Waals surface area contributed by atoms with Crippen molar-refractivity contribution in [3.63, 3.8) is 0 Å². The number of pyridine rings is 1. The molecule has 6 rings (SSSR count). The van der Waals surface area contributed by atoms with Crippen molar-refractivity contribution in [2.24, 2.45) is 0 Å². The van der Waals surface area contributed by atoms with E-state index >= 15 is 0 Å². The molecule has 9 heteroatoms. The molecule has 0 atom stereocenters. The average Bonchev–Trinajstić information content (AvgIpc) is 3.38. The summed E-state index contributed by atoms with van der Waals surface area (Å²) in [6.45, 7) is 0. The second kappa shape index (κ2) is 11.6. The largest absolute Gasteiger partial charge is 0.478 e. The number of nitrogens with zero attached hydrogens (tertiary/aromatic N) is 3. The molecule has 214 valence electrons. The normalized spacial score (nSPS) is 16.7. The van der Waals surface area contributed by atoms with Crippen molar-refractivity contribution in [2.45, 2.75) is 62.9 Å². The predicted octanol–water partition coefficient (Wildman–Crippen LogP) is 5.99. The van der Waals surface area contributed by atoms with Crippen LogP contribution in [-0.4, -0.2) is 43.0 Å². The second-order valence-corrected chi connectivity index (χ2v) is 11.2. The van der Waals surface area contributed by atoms with Crippen LogP contribution < -0.4 is 10.6 Å². The summed E-state index contributed by atoms with van der Waals surface area (Å²) in [5, 5.41) is 14.7. The fourth-order valence-electron chi connectivity index (χ4n) is 5.95. The van der Waals surface area contributed by atoms with Crippen LogP contribution in [0.2, 0.25) is 0 Å². The quantitative estimate of drug-likeness (QED) is 0.226. The van der Waals surface area contributed by atoms with Crippen molar-refractivity contribution < 1.29 is 19.5 Å². The molecule has 2 aliphatic carbocycles. The minimum absolute atomic E-state index is 0.268. The molecular weight excluding hydrogens is 530 g/mol. The van der Waals surface area contributed by atoms with Crippen LogP contribution in [0.4, 0.5) is 5.69 Å². The van der Waals surface area contributed by atoms with E-state index in [4.69, 9.17) is 10.1 Å². The Kier molecular flexibility index (Phi) is 7.56. The fraction of sp³-hybridized carbons (Fsp3) is 0.303. The van der Waals surface area contributed by atoms with Gasteiger partial charge in [0.25, 0.3) is 5.91 Å². The monoisotopic (exact) mass is 563 g/mol. The fourth-order valence-corrected chi connectivity index (χ4v) is 5.95. The molecule has 2 saturated carbocycles. The first-order valence-electron chi connectivity index (χ1n) is 14.5. The Morgan fingerprint density at radius 1 is 0.952 bits per heavy atom. The Hall–Kier alpha value is -4.79. The van der Waals surface area contributed by atoms with Gasteiger partial charge in [-0.3, -0.25) is 14.6 Å². The molecule has 9 nitrogen and oxygen atoms in total. The van der Waals surface area contributed by atoms with Crippen LogP contribution in [0.5, 0.6) is 0 Å². The van der Waals surface area contributed by atoms with Crippen molar-refractivity contribution in [3.05, 3.63) is 84.1 Å². The predicted molar refractivity (Wildman–Crippen MR) is 161 cm³/mol. The van der Waals surface area contributed by atoms with E-state index < -0.39 is 11.5 Å². The van der Waals surface area contributed by atoms with Gasteiger partial charge < -0.3 is 20.3 Å². The summed E-state index contributed by atoms with van der Waals surface area (Å²) in [7, 11) is 0. The molecule has 0 unspecified atom stereocenters. The lowest BCUT2D eigenvalue weighted by molar-refractivity contribution is -0.131. The molecule has 2 heterocycles. The molecule has 2 fully saturated rings. The maximum absolute atomic E-state index is 13.5. The maximum Gasteiger partial charge on any atom is 0.328 e. The van der Waals surface area contributed by atoms with Gasteiger partial charge in [0.2, 0.25) is 5.91 Å². The Morgan fingerprint density at radius 2 is 1.74 bits per heavy atom. The molecule has 0 saturated heterocycles. The molecule has 2 aromatic carbocycles. The summed E-state index contributed by atoms with van der Waals surface area (Å²) in [6.07, 6.45) is 12.0. The molecule has 0 bridgehead atoms. The van der Waals surface area contributed by atoms with E-state index in [2.05, 4.69) is 20.2 Å². The standard InChI is InChI=1S/C33H33N5O4/c39-29(40)17-12-22-10-14-24(15-11-22)35-32(42)33(18-6-19-33)37-31(41)23-13-16-28-27(21-23)36-30(26-9-4-5-20-34-26)38(28)25-7-2-1-3-8-25/h4-5,9-17,20-21,25H,1-3,6-8,18-19H2,(H,35,42)(H,37,41)(H,39,40)/b17-12+. The maximum atomic E-state index is 13.5. The minimum atomic E-state index is -1.03. The van der Waals surface area contributed by atoms with Crippen molar-refractivity contribution in [3.8, 4) is 11.5 Å². The lowest BCUT2D eigenvalue weighted by Crippen LogP contribution is -2.61. The molecule has 2 aliphatic rings. The number of hydrogen-bond donors (Lipinski definition) is 3. The van der Waals surface area contributed by atoms with Gasteiger partial charge in [0.1, 0.15) is 11.2 Å². The van der Waals surface area contributed by atoms with E-state index in [1.807, 2.05) is 36.4 Å². The number of imidazole rings is 1. The van der Waals surface area contributed by atoms with Crippen LogP contribution in [0.15, 0.2) is 72.9 Å². The number of nitrogens with one attached hydrogen (secondary N) is 2. The zero-order chi connectivity index (χ0) is 29.1. The first-order chi connectivity index (χ1) is 20.4. The van der Waals surface area contributed by atoms with Crippen LogP contribution in [0.3, 0.4) is 0 Å². The lowest BCUT2D eigenvalue weighted by Gasteiger charge is -2.40. The van der Waals surface area contributed by atoms with E-state index in [-0.39, 0.29) is 11.8 Å². The molecule has 4 aromatic rings. The van der Waals surface area contributed by atoms with Gasteiger partial charge >= 0.3 is 5.97 Å². The summed E-state index contributed by atoms with van der Waals surface area (Å²) in [5.41, 5.74) is 3.27. The number of carboxylic acid groups (broad SMARTS) is 1. The smallest absolute Gasteiger partial charge is 0.328 e. The van der Waals surface area contributed by atoms with Crippen molar-refractivity contribution in [1.29, 1.82) is 0 Å². The van der Waals surface area contributed by atoms with E-state index in [1.165, 1.54) is 25.3 Å². The number of carbonyl (C=O) groups is 3. The first-order valence-corrected chi connectivity index (χ1v) is 14.5. The Labute approximate surface area is 243 Å². The molecule has 0 spiro atoms. The summed E-state index contributed by atoms with van der Waals surface area (Å²) in [6, 6.07) is 18.6. The number of amides is 2. The number of carboxylic acids is 1. The third-order valence-corrected chi connectivity index (χ3v) is 8.37. The number of aromatic nitrogens is 3. The first kappa shape index (κ1) is 27.4. The number of carbonyl (C=O) groups excluding carboxylic acids is 2. The summed E-state index contributed by atoms with van der Waals surface area (Å²) in [5.74, 6) is -0.793.